The molecule has 1 aromatic heterocycles. The lowest BCUT2D eigenvalue weighted by molar-refractivity contribution is 0.173. The zero-order valence-electron chi connectivity index (χ0n) is 18.9. The van der Waals surface area contributed by atoms with Crippen LogP contribution in [0.5, 0.6) is 0 Å². The van der Waals surface area contributed by atoms with Crippen LogP contribution in [-0.2, 0) is 13.1 Å². The second-order valence-electron chi connectivity index (χ2n) is 8.04. The summed E-state index contributed by atoms with van der Waals surface area (Å²) in [4.78, 5) is 9.84. The maximum Gasteiger partial charge on any atom is 0.194 e. The number of guanidine groups is 1. The van der Waals surface area contributed by atoms with Gasteiger partial charge in [-0.25, -0.2) is 0 Å². The summed E-state index contributed by atoms with van der Waals surface area (Å²) in [5.74, 6) is 1.05. The van der Waals surface area contributed by atoms with Crippen molar-refractivity contribution in [1.29, 1.82) is 0 Å². The summed E-state index contributed by atoms with van der Waals surface area (Å²) < 4.78 is 2.02. The normalized spacial score (nSPS) is 15.0. The molecule has 0 atom stereocenters. The van der Waals surface area contributed by atoms with Gasteiger partial charge in [0.15, 0.2) is 5.96 Å². The monoisotopic (exact) mass is 547 g/mol. The first-order valence-corrected chi connectivity index (χ1v) is 11.4. The Bertz CT molecular complexity index is 960. The van der Waals surface area contributed by atoms with Gasteiger partial charge in [0, 0.05) is 52.4 Å². The molecule has 2 heterocycles. The molecular formula is C24H34IN7. The summed E-state index contributed by atoms with van der Waals surface area (Å²) in [7, 11) is 0. The Morgan fingerprint density at radius 1 is 0.969 bits per heavy atom. The van der Waals surface area contributed by atoms with E-state index in [9.17, 15) is 0 Å². The van der Waals surface area contributed by atoms with Crippen LogP contribution in [0.15, 0.2) is 60.1 Å². The van der Waals surface area contributed by atoms with Crippen molar-refractivity contribution >= 4 is 40.7 Å². The van der Waals surface area contributed by atoms with Crippen LogP contribution in [0.2, 0.25) is 0 Å². The molecule has 1 fully saturated rings. The van der Waals surface area contributed by atoms with Gasteiger partial charge in [0.2, 0.25) is 0 Å². The van der Waals surface area contributed by atoms with Gasteiger partial charge in [0.1, 0.15) is 12.7 Å². The standard InChI is InChI=1S/C24H33N7.HI/c1-2-25-24(26-12-5-6-13-30-19-27-28-20-30)31-16-14-29(15-17-31)18-22-10-7-9-21-8-3-4-11-23(21)22;/h3-4,7-11,19-20H,2,5-6,12-18H2,1H3,(H,25,26);1H. The van der Waals surface area contributed by atoms with E-state index < -0.39 is 0 Å². The van der Waals surface area contributed by atoms with Crippen molar-refractivity contribution in [1.82, 2.24) is 29.9 Å². The fourth-order valence-corrected chi connectivity index (χ4v) is 4.14. The SMILES string of the molecule is CCNC(=NCCCCn1cnnc1)N1CCN(Cc2cccc3ccccc23)CC1.I. The van der Waals surface area contributed by atoms with E-state index >= 15 is 0 Å². The largest absolute Gasteiger partial charge is 0.357 e. The van der Waals surface area contributed by atoms with E-state index in [0.717, 1.165) is 71.2 Å². The quantitative estimate of drug-likeness (QED) is 0.202. The van der Waals surface area contributed by atoms with Crippen molar-refractivity contribution in [2.45, 2.75) is 32.9 Å². The Balaban J connectivity index is 0.00000289. The van der Waals surface area contributed by atoms with Gasteiger partial charge >= 0.3 is 0 Å². The number of aromatic nitrogens is 3. The van der Waals surface area contributed by atoms with Crippen LogP contribution in [0.1, 0.15) is 25.3 Å². The minimum atomic E-state index is 0. The van der Waals surface area contributed by atoms with Gasteiger partial charge in [-0.2, -0.15) is 0 Å². The average Bonchev–Trinajstić information content (AvgIpc) is 3.33. The van der Waals surface area contributed by atoms with Crippen LogP contribution >= 0.6 is 24.0 Å². The van der Waals surface area contributed by atoms with Crippen LogP contribution < -0.4 is 5.32 Å². The molecule has 32 heavy (non-hydrogen) atoms. The van der Waals surface area contributed by atoms with E-state index in [1.165, 1.54) is 16.3 Å². The number of aliphatic imine (C=N–C) groups is 1. The number of halogens is 1. The highest BCUT2D eigenvalue weighted by Gasteiger charge is 2.20. The van der Waals surface area contributed by atoms with Gasteiger partial charge in [-0.05, 0) is 36.1 Å². The summed E-state index contributed by atoms with van der Waals surface area (Å²) >= 11 is 0. The van der Waals surface area contributed by atoms with E-state index in [-0.39, 0.29) is 24.0 Å². The molecule has 0 saturated carbocycles. The molecule has 1 aliphatic rings. The van der Waals surface area contributed by atoms with Gasteiger partial charge in [-0.15, -0.1) is 34.2 Å². The lowest BCUT2D eigenvalue weighted by Gasteiger charge is -2.36. The fraction of sp³-hybridized carbons (Fsp3) is 0.458. The molecule has 0 aliphatic carbocycles. The van der Waals surface area contributed by atoms with Gasteiger partial charge < -0.3 is 14.8 Å². The van der Waals surface area contributed by atoms with Crippen LogP contribution in [0.4, 0.5) is 0 Å². The molecule has 0 spiro atoms. The number of rotatable bonds is 8. The Morgan fingerprint density at radius 2 is 1.72 bits per heavy atom. The number of hydrogen-bond acceptors (Lipinski definition) is 4. The predicted octanol–water partition coefficient (Wildman–Crippen LogP) is 3.61. The predicted molar refractivity (Wildman–Crippen MR) is 141 cm³/mol. The number of unbranched alkanes of at least 4 members (excludes halogenated alkanes) is 1. The summed E-state index contributed by atoms with van der Waals surface area (Å²) in [6.45, 7) is 9.98. The second-order valence-corrected chi connectivity index (χ2v) is 8.04. The molecule has 1 saturated heterocycles. The Labute approximate surface area is 207 Å². The van der Waals surface area contributed by atoms with E-state index in [4.69, 9.17) is 4.99 Å². The number of benzene rings is 2. The first kappa shape index (κ1) is 24.4. The summed E-state index contributed by atoms with van der Waals surface area (Å²) in [6.07, 6.45) is 5.68. The lowest BCUT2D eigenvalue weighted by atomic mass is 10.0. The smallest absolute Gasteiger partial charge is 0.194 e. The van der Waals surface area contributed by atoms with Crippen molar-refractivity contribution in [2.75, 3.05) is 39.3 Å². The summed E-state index contributed by atoms with van der Waals surface area (Å²) in [5.41, 5.74) is 1.42. The lowest BCUT2D eigenvalue weighted by Crippen LogP contribution is -2.52. The minimum absolute atomic E-state index is 0. The summed E-state index contributed by atoms with van der Waals surface area (Å²) in [6, 6.07) is 15.3. The molecule has 0 bridgehead atoms. The van der Waals surface area contributed by atoms with Gasteiger partial charge in [-0.1, -0.05) is 42.5 Å². The molecule has 1 N–H and O–H groups in total. The second kappa shape index (κ2) is 12.7. The van der Waals surface area contributed by atoms with Gasteiger partial charge in [0.05, 0.1) is 0 Å². The van der Waals surface area contributed by atoms with E-state index in [1.807, 2.05) is 4.57 Å². The molecule has 0 radical (unpaired) electrons. The number of nitrogens with zero attached hydrogens (tertiary/aromatic N) is 6. The number of hydrogen-bond donors (Lipinski definition) is 1. The van der Waals surface area contributed by atoms with Crippen molar-refractivity contribution in [3.8, 4) is 0 Å². The van der Waals surface area contributed by atoms with Crippen LogP contribution in [-0.4, -0.2) is 69.8 Å². The zero-order valence-corrected chi connectivity index (χ0v) is 21.2. The maximum absolute atomic E-state index is 4.88. The van der Waals surface area contributed by atoms with Crippen molar-refractivity contribution in [3.63, 3.8) is 0 Å². The molecule has 0 unspecified atom stereocenters. The van der Waals surface area contributed by atoms with Crippen LogP contribution in [0.3, 0.4) is 0 Å². The Morgan fingerprint density at radius 3 is 2.50 bits per heavy atom. The third-order valence-corrected chi connectivity index (χ3v) is 5.83. The molecular weight excluding hydrogens is 513 g/mol. The molecule has 3 aromatic rings. The van der Waals surface area contributed by atoms with E-state index in [1.54, 1.807) is 12.7 Å². The average molecular weight is 547 g/mol. The molecule has 0 amide bonds. The number of fused-ring (bicyclic) bond motifs is 1. The highest BCUT2D eigenvalue weighted by molar-refractivity contribution is 14.0. The van der Waals surface area contributed by atoms with Gasteiger partial charge in [0.25, 0.3) is 0 Å². The van der Waals surface area contributed by atoms with Gasteiger partial charge in [-0.3, -0.25) is 9.89 Å². The van der Waals surface area contributed by atoms with E-state index in [0.29, 0.717) is 0 Å². The van der Waals surface area contributed by atoms with Crippen LogP contribution in [0, 0.1) is 0 Å². The van der Waals surface area contributed by atoms with Crippen molar-refractivity contribution in [3.05, 3.63) is 60.7 Å². The van der Waals surface area contributed by atoms with Crippen LogP contribution in [0.25, 0.3) is 10.8 Å². The van der Waals surface area contributed by atoms with Crippen molar-refractivity contribution in [2.24, 2.45) is 4.99 Å². The molecule has 2 aromatic carbocycles. The molecule has 8 heteroatoms. The number of piperazine rings is 1. The third kappa shape index (κ3) is 6.65. The molecule has 7 nitrogen and oxygen atoms in total. The Kier molecular flexibility index (Phi) is 9.73. The first-order valence-electron chi connectivity index (χ1n) is 11.4. The highest BCUT2D eigenvalue weighted by atomic mass is 127. The molecule has 172 valence electrons. The highest BCUT2D eigenvalue weighted by Crippen LogP contribution is 2.20. The molecule has 1 aliphatic heterocycles. The maximum atomic E-state index is 4.88. The Hall–Kier alpha value is -2.20. The first-order chi connectivity index (χ1) is 15.3. The molecule has 4 rings (SSSR count). The summed E-state index contributed by atoms with van der Waals surface area (Å²) in [5, 5.41) is 13.9. The fourth-order valence-electron chi connectivity index (χ4n) is 4.14. The zero-order chi connectivity index (χ0) is 21.3. The number of aryl methyl sites for hydroxylation is 1. The third-order valence-electron chi connectivity index (χ3n) is 5.83. The minimum Gasteiger partial charge on any atom is -0.357 e. The number of nitrogens with one attached hydrogen (secondary N) is 1. The van der Waals surface area contributed by atoms with E-state index in [2.05, 4.69) is 74.7 Å². The topological polar surface area (TPSA) is 61.6 Å². The van der Waals surface area contributed by atoms with Crippen molar-refractivity contribution < 1.29 is 0 Å².